The van der Waals surface area contributed by atoms with Crippen molar-refractivity contribution < 1.29 is 19.4 Å². The Morgan fingerprint density at radius 1 is 1.44 bits per heavy atom. The summed E-state index contributed by atoms with van der Waals surface area (Å²) in [5.74, 6) is -1.22. The van der Waals surface area contributed by atoms with Crippen molar-refractivity contribution in [3.05, 3.63) is 33.8 Å². The molecule has 0 amide bonds. The van der Waals surface area contributed by atoms with E-state index in [1.54, 1.807) is 18.2 Å². The highest BCUT2D eigenvalue weighted by Gasteiger charge is 2.06. The van der Waals surface area contributed by atoms with E-state index in [-0.39, 0.29) is 11.5 Å². The van der Waals surface area contributed by atoms with Gasteiger partial charge in [0.25, 0.3) is 0 Å². The van der Waals surface area contributed by atoms with Crippen molar-refractivity contribution in [2.45, 2.75) is 13.0 Å². The Morgan fingerprint density at radius 3 is 2.72 bits per heavy atom. The second-order valence-corrected chi connectivity index (χ2v) is 4.47. The van der Waals surface area contributed by atoms with Crippen LogP contribution in [0.5, 0.6) is 0 Å². The molecular weight excluding hydrogens is 302 g/mol. The molecule has 0 aliphatic rings. The first-order valence-electron chi connectivity index (χ1n) is 5.34. The number of carboxylic acids is 1. The van der Waals surface area contributed by atoms with Crippen LogP contribution in [0.1, 0.15) is 22.3 Å². The number of hydrogen-bond donors (Lipinski definition) is 2. The minimum absolute atomic E-state index is 0.236. The summed E-state index contributed by atoms with van der Waals surface area (Å²) < 4.78 is 5.24. The summed E-state index contributed by atoms with van der Waals surface area (Å²) in [5, 5.41) is 11.9. The van der Waals surface area contributed by atoms with E-state index in [2.05, 4.69) is 26.0 Å². The zero-order valence-electron chi connectivity index (χ0n) is 9.90. The largest absolute Gasteiger partial charge is 0.478 e. The smallest absolute Gasteiger partial charge is 0.335 e. The number of hydrogen-bond acceptors (Lipinski definition) is 4. The monoisotopic (exact) mass is 315 g/mol. The molecule has 0 heterocycles. The molecule has 1 aromatic rings. The van der Waals surface area contributed by atoms with Crippen molar-refractivity contribution in [3.8, 4) is 0 Å². The molecule has 5 nitrogen and oxygen atoms in total. The van der Waals surface area contributed by atoms with Gasteiger partial charge in [-0.05, 0) is 17.7 Å². The van der Waals surface area contributed by atoms with E-state index in [0.29, 0.717) is 19.5 Å². The van der Waals surface area contributed by atoms with Gasteiger partial charge in [-0.1, -0.05) is 22.0 Å². The summed E-state index contributed by atoms with van der Waals surface area (Å²) in [6.07, 6.45) is 0.307. The van der Waals surface area contributed by atoms with E-state index in [0.717, 1.165) is 10.0 Å². The van der Waals surface area contributed by atoms with E-state index in [9.17, 15) is 9.59 Å². The van der Waals surface area contributed by atoms with Crippen molar-refractivity contribution in [2.75, 3.05) is 13.7 Å². The molecule has 0 saturated heterocycles. The minimum Gasteiger partial charge on any atom is -0.478 e. The highest BCUT2D eigenvalue weighted by Crippen LogP contribution is 2.18. The van der Waals surface area contributed by atoms with Crippen LogP contribution in [0.15, 0.2) is 22.7 Å². The number of aromatic carboxylic acids is 1. The molecule has 0 aliphatic carbocycles. The van der Waals surface area contributed by atoms with Gasteiger partial charge in [0.1, 0.15) is 0 Å². The van der Waals surface area contributed by atoms with Gasteiger partial charge in [-0.3, -0.25) is 4.79 Å². The molecule has 98 valence electrons. The second kappa shape index (κ2) is 7.13. The van der Waals surface area contributed by atoms with Gasteiger partial charge in [0.15, 0.2) is 0 Å². The Kier molecular flexibility index (Phi) is 5.80. The molecular formula is C12H14BrNO4. The number of rotatable bonds is 6. The lowest BCUT2D eigenvalue weighted by Gasteiger charge is -2.07. The van der Waals surface area contributed by atoms with Gasteiger partial charge in [-0.25, -0.2) is 4.79 Å². The van der Waals surface area contributed by atoms with Gasteiger partial charge in [0.2, 0.25) is 0 Å². The molecule has 1 rings (SSSR count). The molecule has 0 fully saturated rings. The number of benzene rings is 1. The fourth-order valence-electron chi connectivity index (χ4n) is 1.34. The summed E-state index contributed by atoms with van der Waals surface area (Å²) in [7, 11) is 1.35. The highest BCUT2D eigenvalue weighted by molar-refractivity contribution is 9.10. The fourth-order valence-corrected chi connectivity index (χ4v) is 1.86. The molecule has 0 aromatic heterocycles. The summed E-state index contributed by atoms with van der Waals surface area (Å²) in [6.45, 7) is 1.07. The Hall–Kier alpha value is -1.40. The van der Waals surface area contributed by atoms with Crippen molar-refractivity contribution in [3.63, 3.8) is 0 Å². The third-order valence-corrected chi connectivity index (χ3v) is 3.09. The number of methoxy groups -OCH3 is 1. The van der Waals surface area contributed by atoms with Gasteiger partial charge in [-0.2, -0.15) is 0 Å². The molecule has 1 aromatic carbocycles. The molecule has 2 N–H and O–H groups in total. The minimum atomic E-state index is -0.957. The number of carbonyl (C=O) groups is 2. The third-order valence-electron chi connectivity index (χ3n) is 2.35. The molecule has 6 heteroatoms. The maximum absolute atomic E-state index is 10.9. The predicted octanol–water partition coefficient (Wildman–Crippen LogP) is 1.80. The quantitative estimate of drug-likeness (QED) is 0.618. The standard InChI is InChI=1S/C12H14BrNO4/c1-18-11(15)4-5-14-7-9-3-2-8(12(16)17)6-10(9)13/h2-3,6,14H,4-5,7H2,1H3,(H,16,17). The molecule has 0 spiro atoms. The van der Waals surface area contributed by atoms with Gasteiger partial charge >= 0.3 is 11.9 Å². The molecule has 0 atom stereocenters. The molecule has 0 saturated carbocycles. The van der Waals surface area contributed by atoms with Crippen LogP contribution in [0.3, 0.4) is 0 Å². The van der Waals surface area contributed by atoms with Crippen molar-refractivity contribution >= 4 is 27.9 Å². The van der Waals surface area contributed by atoms with Crippen molar-refractivity contribution in [1.82, 2.24) is 5.32 Å². The van der Waals surface area contributed by atoms with Gasteiger partial charge in [0, 0.05) is 17.6 Å². The van der Waals surface area contributed by atoms with Crippen LogP contribution in [-0.2, 0) is 16.1 Å². The van der Waals surface area contributed by atoms with Gasteiger partial charge < -0.3 is 15.2 Å². The Labute approximate surface area is 113 Å². The maximum Gasteiger partial charge on any atom is 0.335 e. The normalized spacial score (nSPS) is 10.1. The van der Waals surface area contributed by atoms with Crippen LogP contribution >= 0.6 is 15.9 Å². The number of esters is 1. The summed E-state index contributed by atoms with van der Waals surface area (Å²) in [5.41, 5.74) is 1.17. The first-order chi connectivity index (χ1) is 8.54. The number of halogens is 1. The Morgan fingerprint density at radius 2 is 2.17 bits per heavy atom. The van der Waals surface area contributed by atoms with Crippen LogP contribution in [0.4, 0.5) is 0 Å². The highest BCUT2D eigenvalue weighted by atomic mass is 79.9. The number of carboxylic acid groups (broad SMARTS) is 1. The fraction of sp³-hybridized carbons (Fsp3) is 0.333. The van der Waals surface area contributed by atoms with Crippen LogP contribution < -0.4 is 5.32 Å². The zero-order chi connectivity index (χ0) is 13.5. The van der Waals surface area contributed by atoms with Gasteiger partial charge in [-0.15, -0.1) is 0 Å². The topological polar surface area (TPSA) is 75.6 Å². The molecule has 0 bridgehead atoms. The maximum atomic E-state index is 10.9. The molecule has 0 radical (unpaired) electrons. The third kappa shape index (κ3) is 4.46. The number of ether oxygens (including phenoxy) is 1. The first kappa shape index (κ1) is 14.7. The van der Waals surface area contributed by atoms with Crippen molar-refractivity contribution in [2.24, 2.45) is 0 Å². The lowest BCUT2D eigenvalue weighted by Crippen LogP contribution is -2.18. The molecule has 0 unspecified atom stereocenters. The number of nitrogens with one attached hydrogen (secondary N) is 1. The van der Waals surface area contributed by atoms with E-state index in [4.69, 9.17) is 5.11 Å². The lowest BCUT2D eigenvalue weighted by atomic mass is 10.1. The Balaban J connectivity index is 2.48. The van der Waals surface area contributed by atoms with E-state index in [1.165, 1.54) is 7.11 Å². The van der Waals surface area contributed by atoms with E-state index in [1.807, 2.05) is 0 Å². The summed E-state index contributed by atoms with van der Waals surface area (Å²) >= 11 is 3.32. The second-order valence-electron chi connectivity index (χ2n) is 3.61. The Bertz CT molecular complexity index is 448. The van der Waals surface area contributed by atoms with E-state index < -0.39 is 5.97 Å². The van der Waals surface area contributed by atoms with Crippen LogP contribution in [0.2, 0.25) is 0 Å². The molecule has 0 aliphatic heterocycles. The van der Waals surface area contributed by atoms with Gasteiger partial charge in [0.05, 0.1) is 19.1 Å². The SMILES string of the molecule is COC(=O)CCNCc1ccc(C(=O)O)cc1Br. The molecule has 18 heavy (non-hydrogen) atoms. The van der Waals surface area contributed by atoms with Crippen LogP contribution in [0.25, 0.3) is 0 Å². The van der Waals surface area contributed by atoms with Crippen molar-refractivity contribution in [1.29, 1.82) is 0 Å². The average Bonchev–Trinajstić information content (AvgIpc) is 2.35. The summed E-state index contributed by atoms with van der Waals surface area (Å²) in [6, 6.07) is 4.84. The van der Waals surface area contributed by atoms with E-state index >= 15 is 0 Å². The average molecular weight is 316 g/mol. The summed E-state index contributed by atoms with van der Waals surface area (Å²) in [4.78, 5) is 21.6. The predicted molar refractivity (Wildman–Crippen MR) is 69.4 cm³/mol. The number of carbonyl (C=O) groups excluding carboxylic acids is 1. The zero-order valence-corrected chi connectivity index (χ0v) is 11.5. The van der Waals surface area contributed by atoms with Crippen LogP contribution in [-0.4, -0.2) is 30.7 Å². The first-order valence-corrected chi connectivity index (χ1v) is 6.13. The van der Waals surface area contributed by atoms with Crippen LogP contribution in [0, 0.1) is 0 Å². The lowest BCUT2D eigenvalue weighted by molar-refractivity contribution is -0.140.